The van der Waals surface area contributed by atoms with Crippen LogP contribution in [0.4, 0.5) is 0 Å². The summed E-state index contributed by atoms with van der Waals surface area (Å²) in [5.41, 5.74) is 6.85. The first-order chi connectivity index (χ1) is 20.8. The smallest absolute Gasteiger partial charge is 0.339 e. The Morgan fingerprint density at radius 2 is 1.86 bits per heavy atom. The van der Waals surface area contributed by atoms with Gasteiger partial charge in [-0.3, -0.25) is 4.79 Å². The maximum absolute atomic E-state index is 12.5. The van der Waals surface area contributed by atoms with Crippen LogP contribution in [-0.4, -0.2) is 56.3 Å². The SMILES string of the molecule is CCc1cc(OCC2=C(c3cccc(-n4ncc(C(=O)O)c4C)n3)CCCC2C)ccc1C1CCN(C(=O)C2CC2)CC1. The number of allylic oxidation sites excluding steroid dienone is 1. The highest BCUT2D eigenvalue weighted by atomic mass is 16.5. The van der Waals surface area contributed by atoms with E-state index in [1.807, 2.05) is 18.2 Å². The van der Waals surface area contributed by atoms with Crippen molar-refractivity contribution < 1.29 is 19.4 Å². The zero-order chi connectivity index (χ0) is 30.1. The molecule has 1 aliphatic heterocycles. The number of amides is 1. The van der Waals surface area contributed by atoms with Crippen molar-refractivity contribution in [3.63, 3.8) is 0 Å². The number of aromatic nitrogens is 3. The molecule has 3 aliphatic rings. The van der Waals surface area contributed by atoms with Gasteiger partial charge in [0, 0.05) is 19.0 Å². The van der Waals surface area contributed by atoms with Crippen molar-refractivity contribution in [2.24, 2.45) is 11.8 Å². The van der Waals surface area contributed by atoms with E-state index in [1.54, 1.807) is 11.6 Å². The minimum absolute atomic E-state index is 0.179. The van der Waals surface area contributed by atoms with Gasteiger partial charge in [0.15, 0.2) is 5.82 Å². The molecule has 0 radical (unpaired) electrons. The molecule has 1 unspecified atom stereocenters. The molecule has 8 heteroatoms. The molecule has 8 nitrogen and oxygen atoms in total. The number of benzene rings is 1. The van der Waals surface area contributed by atoms with Crippen molar-refractivity contribution in [3.8, 4) is 11.6 Å². The Balaban J connectivity index is 1.19. The number of piperidine rings is 1. The lowest BCUT2D eigenvalue weighted by Crippen LogP contribution is -2.38. The molecule has 2 aromatic heterocycles. The van der Waals surface area contributed by atoms with Crippen molar-refractivity contribution in [3.05, 3.63) is 76.2 Å². The quantitative estimate of drug-likeness (QED) is 0.305. The third kappa shape index (κ3) is 6.10. The molecule has 1 N–H and O–H groups in total. The zero-order valence-electron chi connectivity index (χ0n) is 25.5. The molecule has 1 atom stereocenters. The van der Waals surface area contributed by atoms with Crippen LogP contribution in [0.2, 0.25) is 0 Å². The molecule has 1 saturated heterocycles. The zero-order valence-corrected chi connectivity index (χ0v) is 25.5. The summed E-state index contributed by atoms with van der Waals surface area (Å²) in [7, 11) is 0. The summed E-state index contributed by atoms with van der Waals surface area (Å²) >= 11 is 0. The minimum atomic E-state index is -0.992. The number of ether oxygens (including phenoxy) is 1. The third-order valence-electron chi connectivity index (χ3n) is 9.61. The molecule has 3 aromatic rings. The standard InChI is InChI=1S/C35H42N4O4/c1-4-24-19-27(13-14-28(24)25-15-17-38(18-16-25)34(40)26-11-12-26)43-21-31-22(2)7-5-8-29(31)32-9-6-10-33(37-32)39-23(3)30(20-36-39)35(41)42/h6,9-10,13-14,19-20,22,25-26H,4-5,7-8,11-12,15-18,21H2,1-3H3,(H,41,42). The molecule has 1 amide bonds. The van der Waals surface area contributed by atoms with Gasteiger partial charge >= 0.3 is 5.97 Å². The van der Waals surface area contributed by atoms with Crippen LogP contribution >= 0.6 is 0 Å². The van der Waals surface area contributed by atoms with Crippen molar-refractivity contribution >= 4 is 17.4 Å². The van der Waals surface area contributed by atoms with E-state index in [-0.39, 0.29) is 5.56 Å². The number of carbonyl (C=O) groups is 2. The van der Waals surface area contributed by atoms with Crippen LogP contribution in [0.25, 0.3) is 11.4 Å². The van der Waals surface area contributed by atoms with Crippen molar-refractivity contribution in [2.75, 3.05) is 19.7 Å². The Morgan fingerprint density at radius 1 is 1.07 bits per heavy atom. The van der Waals surface area contributed by atoms with Crippen LogP contribution < -0.4 is 4.74 Å². The lowest BCUT2D eigenvalue weighted by Gasteiger charge is -2.33. The number of aromatic carboxylic acids is 1. The molecule has 43 heavy (non-hydrogen) atoms. The largest absolute Gasteiger partial charge is 0.489 e. The predicted molar refractivity (Wildman–Crippen MR) is 166 cm³/mol. The van der Waals surface area contributed by atoms with Crippen molar-refractivity contribution in [2.45, 2.75) is 78.1 Å². The summed E-state index contributed by atoms with van der Waals surface area (Å²) in [6, 6.07) is 12.4. The highest BCUT2D eigenvalue weighted by Crippen LogP contribution is 2.38. The number of rotatable bonds is 9. The van der Waals surface area contributed by atoms with E-state index in [0.29, 0.717) is 41.8 Å². The Hall–Kier alpha value is -3.94. The molecule has 3 heterocycles. The summed E-state index contributed by atoms with van der Waals surface area (Å²) < 4.78 is 8.07. The van der Waals surface area contributed by atoms with Gasteiger partial charge in [-0.15, -0.1) is 0 Å². The normalized spacial score (nSPS) is 19.5. The number of carboxylic acid groups (broad SMARTS) is 1. The number of nitrogens with zero attached hydrogens (tertiary/aromatic N) is 4. The van der Waals surface area contributed by atoms with Gasteiger partial charge < -0.3 is 14.7 Å². The average molecular weight is 583 g/mol. The second kappa shape index (κ2) is 12.3. The van der Waals surface area contributed by atoms with Gasteiger partial charge in [0.05, 0.1) is 17.6 Å². The molecular weight excluding hydrogens is 540 g/mol. The first-order valence-electron chi connectivity index (χ1n) is 15.9. The van der Waals surface area contributed by atoms with Crippen LogP contribution in [-0.2, 0) is 11.2 Å². The Kier molecular flexibility index (Phi) is 8.37. The van der Waals surface area contributed by atoms with Crippen LogP contribution in [0.3, 0.4) is 0 Å². The van der Waals surface area contributed by atoms with Crippen molar-refractivity contribution in [1.29, 1.82) is 0 Å². The fraction of sp³-hybridized carbons (Fsp3) is 0.486. The number of carboxylic acids is 1. The maximum Gasteiger partial charge on any atom is 0.339 e. The number of aryl methyl sites for hydroxylation is 1. The lowest BCUT2D eigenvalue weighted by atomic mass is 9.82. The number of likely N-dealkylation sites (tertiary alicyclic amines) is 1. The van der Waals surface area contributed by atoms with Gasteiger partial charge in [-0.2, -0.15) is 5.10 Å². The van der Waals surface area contributed by atoms with E-state index in [0.717, 1.165) is 75.9 Å². The fourth-order valence-corrected chi connectivity index (χ4v) is 6.84. The number of pyridine rings is 1. The highest BCUT2D eigenvalue weighted by molar-refractivity contribution is 5.88. The van der Waals surface area contributed by atoms with E-state index in [2.05, 4.69) is 42.0 Å². The van der Waals surface area contributed by atoms with Gasteiger partial charge in [0.25, 0.3) is 0 Å². The summed E-state index contributed by atoms with van der Waals surface area (Å²) in [4.78, 5) is 31.1. The van der Waals surface area contributed by atoms with Gasteiger partial charge in [-0.25, -0.2) is 14.5 Å². The number of hydrogen-bond donors (Lipinski definition) is 1. The van der Waals surface area contributed by atoms with Crippen LogP contribution in [0, 0.1) is 18.8 Å². The molecular formula is C35H42N4O4. The Labute approximate surface area is 253 Å². The molecule has 0 bridgehead atoms. The van der Waals surface area contributed by atoms with E-state index in [9.17, 15) is 14.7 Å². The van der Waals surface area contributed by atoms with Gasteiger partial charge in [-0.1, -0.05) is 26.0 Å². The fourth-order valence-electron chi connectivity index (χ4n) is 6.84. The lowest BCUT2D eigenvalue weighted by molar-refractivity contribution is -0.133. The molecule has 2 fully saturated rings. The Morgan fingerprint density at radius 3 is 2.56 bits per heavy atom. The van der Waals surface area contributed by atoms with Gasteiger partial charge in [-0.05, 0) is 117 Å². The summed E-state index contributed by atoms with van der Waals surface area (Å²) in [5.74, 6) is 2.05. The summed E-state index contributed by atoms with van der Waals surface area (Å²) in [6.07, 6.45) is 9.66. The second-order valence-corrected chi connectivity index (χ2v) is 12.4. The second-order valence-electron chi connectivity index (χ2n) is 12.4. The highest BCUT2D eigenvalue weighted by Gasteiger charge is 2.35. The molecule has 6 rings (SSSR count). The third-order valence-corrected chi connectivity index (χ3v) is 9.61. The average Bonchev–Trinajstić information content (AvgIpc) is 3.80. The van der Waals surface area contributed by atoms with Crippen LogP contribution in [0.15, 0.2) is 48.2 Å². The number of carbonyl (C=O) groups excluding carboxylic acids is 1. The molecule has 2 aliphatic carbocycles. The predicted octanol–water partition coefficient (Wildman–Crippen LogP) is 6.60. The van der Waals surface area contributed by atoms with Gasteiger partial charge in [0.2, 0.25) is 5.91 Å². The molecule has 0 spiro atoms. The topological polar surface area (TPSA) is 97.6 Å². The maximum atomic E-state index is 12.5. The van der Waals surface area contributed by atoms with E-state index < -0.39 is 5.97 Å². The van der Waals surface area contributed by atoms with E-state index in [4.69, 9.17) is 9.72 Å². The van der Waals surface area contributed by atoms with E-state index in [1.165, 1.54) is 28.5 Å². The van der Waals surface area contributed by atoms with Crippen molar-refractivity contribution in [1.82, 2.24) is 19.7 Å². The number of hydrogen-bond acceptors (Lipinski definition) is 5. The van der Waals surface area contributed by atoms with Gasteiger partial charge in [0.1, 0.15) is 17.9 Å². The first kappa shape index (κ1) is 29.1. The minimum Gasteiger partial charge on any atom is -0.489 e. The summed E-state index contributed by atoms with van der Waals surface area (Å²) in [6.45, 7) is 8.46. The summed E-state index contributed by atoms with van der Waals surface area (Å²) in [5, 5.41) is 13.8. The molecule has 226 valence electrons. The Bertz CT molecular complexity index is 1540. The van der Waals surface area contributed by atoms with Crippen LogP contribution in [0.5, 0.6) is 5.75 Å². The first-order valence-corrected chi connectivity index (χ1v) is 15.9. The monoisotopic (exact) mass is 582 g/mol. The molecule has 1 saturated carbocycles. The van der Waals surface area contributed by atoms with Crippen LogP contribution in [0.1, 0.15) is 97.6 Å². The van der Waals surface area contributed by atoms with E-state index >= 15 is 0 Å². The molecule has 1 aromatic carbocycles.